The second-order valence-electron chi connectivity index (χ2n) is 9.85. The van der Waals surface area contributed by atoms with Crippen LogP contribution in [-0.2, 0) is 15.1 Å². The van der Waals surface area contributed by atoms with Crippen LogP contribution < -0.4 is 15.7 Å². The van der Waals surface area contributed by atoms with Gasteiger partial charge in [-0.3, -0.25) is 0 Å². The predicted molar refractivity (Wildman–Crippen MR) is 172 cm³/mol. The molecular weight excluding hydrogens is 617 g/mol. The Morgan fingerprint density at radius 2 is 1.32 bits per heavy atom. The second-order valence-corrected chi connectivity index (χ2v) is 12.1. The topological polar surface area (TPSA) is 97.1 Å². The summed E-state index contributed by atoms with van der Waals surface area (Å²) in [6.07, 6.45) is 3.02. The Morgan fingerprint density at radius 3 is 1.82 bits per heavy atom. The number of nitrogens with zero attached hydrogens (tertiary/aromatic N) is 2. The maximum atomic E-state index is 12.9. The number of aromatic nitrogens is 2. The summed E-state index contributed by atoms with van der Waals surface area (Å²) in [4.78, 5) is 27.1. The van der Waals surface area contributed by atoms with Crippen LogP contribution in [0, 0.1) is 11.3 Å². The number of ether oxygens (including phenoxy) is 2. The number of hydrogen-bond donors (Lipinski definition) is 1. The minimum absolute atomic E-state index is 0.0479. The van der Waals surface area contributed by atoms with Crippen LogP contribution in [0.5, 0.6) is 0 Å². The Hall–Kier alpha value is -4.77. The number of aromatic amines is 1. The van der Waals surface area contributed by atoms with Gasteiger partial charge in [-0.25, -0.2) is 0 Å². The van der Waals surface area contributed by atoms with Gasteiger partial charge in [0.25, 0.3) is 0 Å². The van der Waals surface area contributed by atoms with E-state index < -0.39 is 29.2 Å². The molecule has 0 aliphatic carbocycles. The van der Waals surface area contributed by atoms with E-state index in [0.29, 0.717) is 5.32 Å². The standard InChI is InChI=1S/C36H31N3O4Se/c37-24-13-20-31(43-34(27-44-32-21-11-4-12-22-32)39-25-23-33(40)38-35(39)41)26-42-36(28-14-5-1-6-15-28,29-16-7-2-8-17-29)30-18-9-3-10-19-30/h1-23,25,31,34H,26-27H2,(H,38,40,41)/b20-13+/t31-,34+/m0/s1. The average Bonchev–Trinajstić information content (AvgIpc) is 3.07. The van der Waals surface area contributed by atoms with Gasteiger partial charge in [0, 0.05) is 0 Å². The Balaban J connectivity index is 1.53. The van der Waals surface area contributed by atoms with Crippen LogP contribution in [-0.4, -0.2) is 37.2 Å². The monoisotopic (exact) mass is 649 g/mol. The van der Waals surface area contributed by atoms with Gasteiger partial charge in [0.05, 0.1) is 0 Å². The Bertz CT molecular complexity index is 1700. The van der Waals surface area contributed by atoms with Crippen molar-refractivity contribution >= 4 is 19.4 Å². The number of nitriles is 1. The molecule has 0 amide bonds. The van der Waals surface area contributed by atoms with E-state index in [2.05, 4.69) is 11.1 Å². The van der Waals surface area contributed by atoms with E-state index in [4.69, 9.17) is 9.47 Å². The summed E-state index contributed by atoms with van der Waals surface area (Å²) in [5.74, 6) is 0. The number of allylic oxidation sites excluding steroid dienone is 1. The van der Waals surface area contributed by atoms with Crippen molar-refractivity contribution in [2.24, 2.45) is 0 Å². The minimum atomic E-state index is -0.996. The summed E-state index contributed by atoms with van der Waals surface area (Å²) < 4.78 is 16.1. The molecule has 5 rings (SSSR count). The molecule has 0 aliphatic heterocycles. The van der Waals surface area contributed by atoms with Crippen LogP contribution in [0.2, 0.25) is 5.32 Å². The Morgan fingerprint density at radius 1 is 0.795 bits per heavy atom. The quantitative estimate of drug-likeness (QED) is 0.111. The van der Waals surface area contributed by atoms with Gasteiger partial charge in [-0.2, -0.15) is 0 Å². The molecule has 0 spiro atoms. The summed E-state index contributed by atoms with van der Waals surface area (Å²) in [6, 6.07) is 43.3. The first-order valence-corrected chi connectivity index (χ1v) is 16.2. The molecule has 0 aliphatic rings. The first-order valence-electron chi connectivity index (χ1n) is 14.1. The van der Waals surface area contributed by atoms with Gasteiger partial charge in [0.2, 0.25) is 0 Å². The van der Waals surface area contributed by atoms with Crippen LogP contribution in [0.15, 0.2) is 155 Å². The van der Waals surface area contributed by atoms with E-state index in [9.17, 15) is 14.9 Å². The van der Waals surface area contributed by atoms with Crippen molar-refractivity contribution < 1.29 is 9.47 Å². The van der Waals surface area contributed by atoms with E-state index >= 15 is 0 Å². The molecule has 220 valence electrons. The van der Waals surface area contributed by atoms with Gasteiger partial charge in [0.15, 0.2) is 0 Å². The first kappa shape index (κ1) is 30.7. The number of benzene rings is 4. The molecule has 4 aromatic carbocycles. The van der Waals surface area contributed by atoms with Crippen LogP contribution in [0.4, 0.5) is 0 Å². The third kappa shape index (κ3) is 7.41. The number of H-pyrrole nitrogens is 1. The molecule has 1 heterocycles. The molecule has 0 unspecified atom stereocenters. The fourth-order valence-corrected chi connectivity index (χ4v) is 6.93. The third-order valence-corrected chi connectivity index (χ3v) is 9.24. The summed E-state index contributed by atoms with van der Waals surface area (Å²) in [7, 11) is 0. The molecule has 0 saturated carbocycles. The van der Waals surface area contributed by atoms with Crippen LogP contribution >= 0.6 is 0 Å². The molecule has 1 N–H and O–H groups in total. The first-order chi connectivity index (χ1) is 21.6. The molecule has 7 nitrogen and oxygen atoms in total. The molecule has 0 fully saturated rings. The van der Waals surface area contributed by atoms with E-state index in [1.807, 2.05) is 121 Å². The molecule has 1 aromatic heterocycles. The maximum absolute atomic E-state index is 12.9. The molecule has 2 atom stereocenters. The van der Waals surface area contributed by atoms with Crippen molar-refractivity contribution in [1.82, 2.24) is 9.55 Å². The molecule has 0 radical (unpaired) electrons. The van der Waals surface area contributed by atoms with Crippen LogP contribution in [0.3, 0.4) is 0 Å². The van der Waals surface area contributed by atoms with Crippen molar-refractivity contribution in [1.29, 1.82) is 5.26 Å². The fourth-order valence-electron chi connectivity index (χ4n) is 4.99. The summed E-state index contributed by atoms with van der Waals surface area (Å²) >= 11 is -0.0479. The van der Waals surface area contributed by atoms with Crippen LogP contribution in [0.25, 0.3) is 0 Å². The van der Waals surface area contributed by atoms with E-state index in [1.54, 1.807) is 6.08 Å². The third-order valence-electron chi connectivity index (χ3n) is 7.02. The van der Waals surface area contributed by atoms with Crippen molar-refractivity contribution in [2.75, 3.05) is 6.61 Å². The predicted octanol–water partition coefficient (Wildman–Crippen LogP) is 4.96. The van der Waals surface area contributed by atoms with Gasteiger partial charge in [0.1, 0.15) is 0 Å². The van der Waals surface area contributed by atoms with E-state index in [1.165, 1.54) is 22.9 Å². The van der Waals surface area contributed by atoms with Crippen molar-refractivity contribution in [2.45, 2.75) is 23.3 Å². The SMILES string of the molecule is N#C/C=C/[C@@H](COC(c1ccccc1)(c1ccccc1)c1ccccc1)O[C@H](C[Se]c1ccccc1)n1ccc(=O)[nH]c1=O. The van der Waals surface area contributed by atoms with Gasteiger partial charge in [-0.1, -0.05) is 0 Å². The summed E-state index contributed by atoms with van der Waals surface area (Å²) in [6.45, 7) is 0.0593. The van der Waals surface area contributed by atoms with E-state index in [0.717, 1.165) is 21.2 Å². The molecule has 0 bridgehead atoms. The molecular formula is C36H31N3O4Se. The Kier molecular flexibility index (Phi) is 10.5. The van der Waals surface area contributed by atoms with E-state index in [-0.39, 0.29) is 21.6 Å². The van der Waals surface area contributed by atoms with Gasteiger partial charge < -0.3 is 0 Å². The molecule has 0 saturated heterocycles. The average molecular weight is 649 g/mol. The van der Waals surface area contributed by atoms with Crippen molar-refractivity contribution in [3.63, 3.8) is 0 Å². The second kappa shape index (κ2) is 15.1. The number of rotatable bonds is 13. The van der Waals surface area contributed by atoms with Crippen molar-refractivity contribution in [3.8, 4) is 6.07 Å². The van der Waals surface area contributed by atoms with Crippen LogP contribution in [0.1, 0.15) is 22.9 Å². The van der Waals surface area contributed by atoms with Gasteiger partial charge in [-0.05, 0) is 0 Å². The normalized spacial score (nSPS) is 12.9. The molecule has 44 heavy (non-hydrogen) atoms. The summed E-state index contributed by atoms with van der Waals surface area (Å²) in [5.41, 5.74) is 0.747. The van der Waals surface area contributed by atoms with Gasteiger partial charge in [-0.15, -0.1) is 0 Å². The zero-order valence-corrected chi connectivity index (χ0v) is 25.6. The zero-order valence-electron chi connectivity index (χ0n) is 23.9. The van der Waals surface area contributed by atoms with Gasteiger partial charge >= 0.3 is 263 Å². The number of nitrogens with one attached hydrogen (secondary N) is 1. The number of hydrogen-bond acceptors (Lipinski definition) is 5. The molecule has 8 heteroatoms. The Labute approximate surface area is 262 Å². The summed E-state index contributed by atoms with van der Waals surface area (Å²) in [5, 5.41) is 9.93. The fraction of sp³-hybridized carbons (Fsp3) is 0.139. The molecule has 5 aromatic rings. The zero-order chi connectivity index (χ0) is 30.6. The van der Waals surface area contributed by atoms with Crippen molar-refractivity contribution in [3.05, 3.63) is 183 Å².